The smallest absolute Gasteiger partial charge is 0.258 e. The molecule has 6 heteroatoms. The van der Waals surface area contributed by atoms with Gasteiger partial charge in [0.25, 0.3) is 5.89 Å². The molecule has 33 heavy (non-hydrogen) atoms. The molecule has 0 bridgehead atoms. The highest BCUT2D eigenvalue weighted by Gasteiger charge is 2.15. The molecule has 3 aromatic carbocycles. The van der Waals surface area contributed by atoms with E-state index in [0.717, 1.165) is 27.8 Å². The fraction of sp³-hybridized carbons (Fsp3) is 0.148. The number of hydrogen-bond acceptors (Lipinski definition) is 6. The number of methoxy groups -OCH3 is 1. The van der Waals surface area contributed by atoms with E-state index in [1.54, 1.807) is 7.11 Å². The predicted octanol–water partition coefficient (Wildman–Crippen LogP) is 6.32. The van der Waals surface area contributed by atoms with Crippen LogP contribution in [0.2, 0.25) is 0 Å². The Labute approximate surface area is 191 Å². The molecule has 0 atom stereocenters. The summed E-state index contributed by atoms with van der Waals surface area (Å²) in [6.07, 6.45) is 0. The molecule has 0 amide bonds. The van der Waals surface area contributed by atoms with Gasteiger partial charge in [-0.15, -0.1) is 0 Å². The summed E-state index contributed by atoms with van der Waals surface area (Å²) >= 11 is 0. The molecule has 5 aromatic rings. The maximum atomic E-state index is 6.23. The van der Waals surface area contributed by atoms with Crippen molar-refractivity contribution in [3.8, 4) is 28.6 Å². The molecule has 0 fully saturated rings. The SMILES string of the molecule is COc1ccc2cc(-c3noc(-c4ccc(C)cc4)n3)c(=Nc3ccc(C)c(C)c3)oc2c1. The van der Waals surface area contributed by atoms with Gasteiger partial charge in [0.1, 0.15) is 11.3 Å². The van der Waals surface area contributed by atoms with Gasteiger partial charge >= 0.3 is 0 Å². The van der Waals surface area contributed by atoms with Crippen LogP contribution in [0.25, 0.3) is 33.8 Å². The summed E-state index contributed by atoms with van der Waals surface area (Å²) in [5.74, 6) is 1.56. The standard InChI is InChI=1S/C27H23N3O3/c1-16-5-8-19(9-6-16)26-29-25(30-33-26)23-14-20-10-12-22(31-4)15-24(20)32-27(23)28-21-11-7-17(2)18(3)13-21/h5-15H,1-4H3. The molecule has 5 rings (SSSR count). The number of aryl methyl sites for hydroxylation is 3. The zero-order valence-corrected chi connectivity index (χ0v) is 18.9. The summed E-state index contributed by atoms with van der Waals surface area (Å²) in [5.41, 5.74) is 6.86. The van der Waals surface area contributed by atoms with Gasteiger partial charge in [-0.3, -0.25) is 0 Å². The molecule has 0 saturated heterocycles. The van der Waals surface area contributed by atoms with Crippen molar-refractivity contribution in [1.29, 1.82) is 0 Å². The Morgan fingerprint density at radius 1 is 0.848 bits per heavy atom. The van der Waals surface area contributed by atoms with Gasteiger partial charge < -0.3 is 13.7 Å². The number of benzene rings is 3. The van der Waals surface area contributed by atoms with E-state index in [1.165, 1.54) is 5.56 Å². The van der Waals surface area contributed by atoms with E-state index in [9.17, 15) is 0 Å². The zero-order chi connectivity index (χ0) is 22.9. The highest BCUT2D eigenvalue weighted by Crippen LogP contribution is 2.26. The van der Waals surface area contributed by atoms with Crippen molar-refractivity contribution in [2.24, 2.45) is 4.99 Å². The average Bonchev–Trinajstić information content (AvgIpc) is 3.31. The van der Waals surface area contributed by atoms with Crippen molar-refractivity contribution >= 4 is 16.7 Å². The fourth-order valence-corrected chi connectivity index (χ4v) is 3.53. The Bertz CT molecular complexity index is 1530. The molecule has 0 unspecified atom stereocenters. The van der Waals surface area contributed by atoms with Crippen LogP contribution in [0.1, 0.15) is 16.7 Å². The molecule has 0 spiro atoms. The maximum Gasteiger partial charge on any atom is 0.258 e. The topological polar surface area (TPSA) is 73.7 Å². The molecular weight excluding hydrogens is 414 g/mol. The third-order valence-electron chi connectivity index (χ3n) is 5.64. The van der Waals surface area contributed by atoms with Crippen molar-refractivity contribution in [3.63, 3.8) is 0 Å². The van der Waals surface area contributed by atoms with E-state index in [1.807, 2.05) is 73.7 Å². The van der Waals surface area contributed by atoms with E-state index in [-0.39, 0.29) is 0 Å². The van der Waals surface area contributed by atoms with Crippen LogP contribution in [0.5, 0.6) is 5.75 Å². The minimum atomic E-state index is 0.398. The third-order valence-corrected chi connectivity index (χ3v) is 5.64. The number of nitrogens with zero attached hydrogens (tertiary/aromatic N) is 3. The van der Waals surface area contributed by atoms with Crippen LogP contribution >= 0.6 is 0 Å². The molecule has 164 valence electrons. The van der Waals surface area contributed by atoms with Crippen LogP contribution in [0.3, 0.4) is 0 Å². The molecule has 6 nitrogen and oxygen atoms in total. The summed E-state index contributed by atoms with van der Waals surface area (Å²) in [7, 11) is 1.63. The predicted molar refractivity (Wildman–Crippen MR) is 127 cm³/mol. The van der Waals surface area contributed by atoms with E-state index in [0.29, 0.717) is 34.2 Å². The van der Waals surface area contributed by atoms with Crippen molar-refractivity contribution in [2.75, 3.05) is 7.11 Å². The largest absolute Gasteiger partial charge is 0.497 e. The molecular formula is C27H23N3O3. The first kappa shape index (κ1) is 20.7. The summed E-state index contributed by atoms with van der Waals surface area (Å²) in [5, 5.41) is 5.11. The van der Waals surface area contributed by atoms with Crippen molar-refractivity contribution in [3.05, 3.63) is 89.0 Å². The van der Waals surface area contributed by atoms with E-state index < -0.39 is 0 Å². The Hall–Kier alpha value is -4.19. The minimum absolute atomic E-state index is 0.398. The van der Waals surface area contributed by atoms with E-state index in [4.69, 9.17) is 18.7 Å². The Balaban J connectivity index is 1.70. The molecule has 2 heterocycles. The minimum Gasteiger partial charge on any atom is -0.497 e. The van der Waals surface area contributed by atoms with Crippen LogP contribution in [-0.2, 0) is 0 Å². The highest BCUT2D eigenvalue weighted by molar-refractivity contribution is 5.81. The second-order valence-electron chi connectivity index (χ2n) is 8.04. The van der Waals surface area contributed by atoms with Gasteiger partial charge in [0.15, 0.2) is 0 Å². The Kier molecular flexibility index (Phi) is 5.26. The molecule has 0 aliphatic heterocycles. The van der Waals surface area contributed by atoms with Crippen LogP contribution in [0.4, 0.5) is 5.69 Å². The first-order valence-electron chi connectivity index (χ1n) is 10.7. The van der Waals surface area contributed by atoms with Gasteiger partial charge in [0.2, 0.25) is 11.4 Å². The lowest BCUT2D eigenvalue weighted by molar-refractivity contribution is 0.414. The first-order chi connectivity index (χ1) is 16.0. The molecule has 0 aliphatic carbocycles. The molecule has 0 N–H and O–H groups in total. The molecule has 0 radical (unpaired) electrons. The monoisotopic (exact) mass is 437 g/mol. The summed E-state index contributed by atoms with van der Waals surface area (Å²) in [6, 6.07) is 21.6. The normalized spacial score (nSPS) is 11.8. The number of rotatable bonds is 4. The lowest BCUT2D eigenvalue weighted by Crippen LogP contribution is -2.06. The maximum absolute atomic E-state index is 6.23. The van der Waals surface area contributed by atoms with E-state index >= 15 is 0 Å². The van der Waals surface area contributed by atoms with Crippen LogP contribution in [0.15, 0.2) is 80.7 Å². The van der Waals surface area contributed by atoms with Gasteiger partial charge in [-0.2, -0.15) is 4.98 Å². The lowest BCUT2D eigenvalue weighted by Gasteiger charge is -2.05. The number of fused-ring (bicyclic) bond motifs is 1. The molecule has 0 aliphatic rings. The van der Waals surface area contributed by atoms with Gasteiger partial charge in [-0.1, -0.05) is 28.9 Å². The Morgan fingerprint density at radius 2 is 1.67 bits per heavy atom. The van der Waals surface area contributed by atoms with Gasteiger partial charge in [0, 0.05) is 17.0 Å². The van der Waals surface area contributed by atoms with Gasteiger partial charge in [0.05, 0.1) is 18.4 Å². The van der Waals surface area contributed by atoms with Crippen molar-refractivity contribution < 1.29 is 13.7 Å². The van der Waals surface area contributed by atoms with Crippen LogP contribution in [-0.4, -0.2) is 17.3 Å². The summed E-state index contributed by atoms with van der Waals surface area (Å²) < 4.78 is 17.2. The summed E-state index contributed by atoms with van der Waals surface area (Å²) in [4.78, 5) is 9.42. The molecule has 2 aromatic heterocycles. The number of ether oxygens (including phenoxy) is 1. The van der Waals surface area contributed by atoms with Crippen molar-refractivity contribution in [2.45, 2.75) is 20.8 Å². The second kappa shape index (κ2) is 8.39. The van der Waals surface area contributed by atoms with Crippen molar-refractivity contribution in [1.82, 2.24) is 10.1 Å². The van der Waals surface area contributed by atoms with Crippen LogP contribution in [0, 0.1) is 20.8 Å². The van der Waals surface area contributed by atoms with Gasteiger partial charge in [-0.25, -0.2) is 4.99 Å². The summed E-state index contributed by atoms with van der Waals surface area (Å²) in [6.45, 7) is 6.17. The second-order valence-corrected chi connectivity index (χ2v) is 8.04. The molecule has 0 saturated carbocycles. The lowest BCUT2D eigenvalue weighted by atomic mass is 10.1. The van der Waals surface area contributed by atoms with Gasteiger partial charge in [-0.05, 0) is 74.4 Å². The Morgan fingerprint density at radius 3 is 2.42 bits per heavy atom. The number of hydrogen-bond donors (Lipinski definition) is 0. The highest BCUT2D eigenvalue weighted by atomic mass is 16.5. The number of aromatic nitrogens is 2. The fourth-order valence-electron chi connectivity index (χ4n) is 3.53. The third kappa shape index (κ3) is 4.15. The quantitative estimate of drug-likeness (QED) is 0.329. The zero-order valence-electron chi connectivity index (χ0n) is 18.9. The first-order valence-corrected chi connectivity index (χ1v) is 10.7. The average molecular weight is 437 g/mol. The van der Waals surface area contributed by atoms with Crippen LogP contribution < -0.4 is 10.3 Å². The van der Waals surface area contributed by atoms with E-state index in [2.05, 4.69) is 24.0 Å².